The van der Waals surface area contributed by atoms with Crippen molar-refractivity contribution in [2.45, 2.75) is 55.5 Å². The molecule has 2 rings (SSSR count). The molecule has 1 N–H and O–H groups in total. The molecule has 0 spiro atoms. The predicted octanol–water partition coefficient (Wildman–Crippen LogP) is 4.89. The minimum absolute atomic E-state index is 0.0530. The lowest BCUT2D eigenvalue weighted by atomic mass is 10.2. The molecule has 1 aliphatic carbocycles. The fourth-order valence-corrected chi connectivity index (χ4v) is 5.78. The Morgan fingerprint density at radius 3 is 2.60 bits per heavy atom. The summed E-state index contributed by atoms with van der Waals surface area (Å²) in [6.45, 7) is 3.57. The van der Waals surface area contributed by atoms with E-state index in [2.05, 4.69) is 0 Å². The molecule has 7 nitrogen and oxygen atoms in total. The van der Waals surface area contributed by atoms with Gasteiger partial charge in [-0.25, -0.2) is 0 Å². The molecular weight excluding hydrogens is 365 g/mol. The van der Waals surface area contributed by atoms with Crippen LogP contribution in [0.15, 0.2) is 23.1 Å². The van der Waals surface area contributed by atoms with Crippen LogP contribution in [0.1, 0.15) is 50.9 Å². The van der Waals surface area contributed by atoms with Crippen LogP contribution in [-0.2, 0) is 13.8 Å². The zero-order valence-electron chi connectivity index (χ0n) is 14.4. The second-order valence-electron chi connectivity index (χ2n) is 5.79. The highest BCUT2D eigenvalue weighted by Crippen LogP contribution is 2.59. The highest BCUT2D eigenvalue weighted by Gasteiger charge is 2.37. The second kappa shape index (κ2) is 9.14. The van der Waals surface area contributed by atoms with E-state index >= 15 is 0 Å². The Labute approximate surface area is 151 Å². The number of ether oxygens (including phenoxy) is 1. The molecular formula is C16H24NO6PS. The average Bonchev–Trinajstić information content (AvgIpc) is 3.06. The minimum Gasteiger partial charge on any atom is -0.361 e. The first-order valence-corrected chi connectivity index (χ1v) is 10.9. The Balaban J connectivity index is 2.45. The van der Waals surface area contributed by atoms with Gasteiger partial charge in [0, 0.05) is 34.4 Å². The van der Waals surface area contributed by atoms with E-state index in [1.165, 1.54) is 12.1 Å². The first-order chi connectivity index (χ1) is 11.9. The molecule has 1 aromatic carbocycles. The van der Waals surface area contributed by atoms with Gasteiger partial charge in [0.25, 0.3) is 5.69 Å². The summed E-state index contributed by atoms with van der Waals surface area (Å²) in [5.41, 5.74) is 0.221. The lowest BCUT2D eigenvalue weighted by molar-refractivity contribution is -0.385. The number of benzene rings is 1. The Hall–Kier alpha value is -0.920. The molecule has 2 unspecified atom stereocenters. The predicted molar refractivity (Wildman–Crippen MR) is 97.0 cm³/mol. The number of rotatable bonds is 9. The first-order valence-electron chi connectivity index (χ1n) is 8.42. The smallest absolute Gasteiger partial charge is 0.361 e. The monoisotopic (exact) mass is 389 g/mol. The van der Waals surface area contributed by atoms with Crippen LogP contribution in [0, 0.1) is 10.1 Å². The van der Waals surface area contributed by atoms with Crippen molar-refractivity contribution in [3.63, 3.8) is 0 Å². The third kappa shape index (κ3) is 5.28. The SMILES string of the molecule is CCOC(c1cc([N+](=O)[O-])ccc1SC1CCCC1)P(=O)(O)OCC. The molecule has 0 heterocycles. The number of thioether (sulfide) groups is 1. The molecule has 0 amide bonds. The van der Waals surface area contributed by atoms with E-state index in [4.69, 9.17) is 9.26 Å². The maximum Gasteiger partial charge on any atom is 0.361 e. The van der Waals surface area contributed by atoms with Crippen molar-refractivity contribution in [1.82, 2.24) is 0 Å². The maximum absolute atomic E-state index is 12.6. The first kappa shape index (κ1) is 20.4. The summed E-state index contributed by atoms with van der Waals surface area (Å²) in [6, 6.07) is 4.40. The van der Waals surface area contributed by atoms with Gasteiger partial charge in [0.15, 0.2) is 5.85 Å². The Morgan fingerprint density at radius 2 is 2.04 bits per heavy atom. The van der Waals surface area contributed by atoms with Crippen LogP contribution in [-0.4, -0.2) is 28.3 Å². The molecule has 1 saturated carbocycles. The maximum atomic E-state index is 12.6. The van der Waals surface area contributed by atoms with Crippen LogP contribution in [0.5, 0.6) is 0 Å². The van der Waals surface area contributed by atoms with Crippen LogP contribution < -0.4 is 0 Å². The van der Waals surface area contributed by atoms with Gasteiger partial charge in [-0.1, -0.05) is 12.8 Å². The summed E-state index contributed by atoms with van der Waals surface area (Å²) in [6.07, 6.45) is 4.46. The highest BCUT2D eigenvalue weighted by atomic mass is 32.2. The Morgan fingerprint density at radius 1 is 1.36 bits per heavy atom. The number of hydrogen-bond acceptors (Lipinski definition) is 6. The molecule has 0 bridgehead atoms. The molecule has 1 aromatic rings. The molecule has 140 valence electrons. The van der Waals surface area contributed by atoms with Crippen molar-refractivity contribution >= 4 is 25.0 Å². The number of nitro groups is 1. The largest absolute Gasteiger partial charge is 0.361 e. The highest BCUT2D eigenvalue weighted by molar-refractivity contribution is 8.00. The molecule has 1 fully saturated rings. The summed E-state index contributed by atoms with van der Waals surface area (Å²) in [5, 5.41) is 11.6. The molecule has 2 atom stereocenters. The van der Waals surface area contributed by atoms with Crippen LogP contribution in [0.3, 0.4) is 0 Å². The normalized spacial score (nSPS) is 18.8. The van der Waals surface area contributed by atoms with Gasteiger partial charge in [-0.2, -0.15) is 0 Å². The summed E-state index contributed by atoms with van der Waals surface area (Å²) in [4.78, 5) is 21.7. The van der Waals surface area contributed by atoms with Gasteiger partial charge in [-0.15, -0.1) is 11.8 Å². The van der Waals surface area contributed by atoms with E-state index < -0.39 is 18.4 Å². The van der Waals surface area contributed by atoms with Gasteiger partial charge < -0.3 is 14.2 Å². The molecule has 9 heteroatoms. The van der Waals surface area contributed by atoms with E-state index in [-0.39, 0.29) is 18.9 Å². The lowest BCUT2D eigenvalue weighted by Gasteiger charge is -2.25. The van der Waals surface area contributed by atoms with Crippen molar-refractivity contribution in [3.8, 4) is 0 Å². The van der Waals surface area contributed by atoms with Gasteiger partial charge in [0.1, 0.15) is 0 Å². The van der Waals surface area contributed by atoms with Crippen LogP contribution in [0.2, 0.25) is 0 Å². The van der Waals surface area contributed by atoms with E-state index in [9.17, 15) is 19.6 Å². The standard InChI is InChI=1S/C16H24NO6PS/c1-3-22-16(24(20,21)23-4-2)14-11-12(17(18)19)9-10-15(14)25-13-7-5-6-8-13/h9-11,13,16H,3-8H2,1-2H3,(H,20,21). The lowest BCUT2D eigenvalue weighted by Crippen LogP contribution is -2.10. The second-order valence-corrected chi connectivity index (χ2v) is 8.99. The quantitative estimate of drug-likeness (QED) is 0.365. The minimum atomic E-state index is -4.12. The molecule has 0 radical (unpaired) electrons. The van der Waals surface area contributed by atoms with Gasteiger partial charge in [0.05, 0.1) is 11.5 Å². The van der Waals surface area contributed by atoms with Crippen molar-refractivity contribution in [1.29, 1.82) is 0 Å². The van der Waals surface area contributed by atoms with Crippen LogP contribution in [0.4, 0.5) is 5.69 Å². The molecule has 0 aromatic heterocycles. The van der Waals surface area contributed by atoms with Crippen molar-refractivity contribution in [2.75, 3.05) is 13.2 Å². The summed E-state index contributed by atoms with van der Waals surface area (Å²) in [5.74, 6) is -1.23. The Bertz CT molecular complexity index is 650. The number of nitrogens with zero attached hydrogens (tertiary/aromatic N) is 1. The van der Waals surface area contributed by atoms with Gasteiger partial charge in [-0.3, -0.25) is 14.7 Å². The third-order valence-corrected chi connectivity index (χ3v) is 7.08. The van der Waals surface area contributed by atoms with E-state index in [0.29, 0.717) is 10.8 Å². The summed E-state index contributed by atoms with van der Waals surface area (Å²) >= 11 is 1.60. The number of nitro benzene ring substituents is 1. The average molecular weight is 389 g/mol. The van der Waals surface area contributed by atoms with Gasteiger partial charge >= 0.3 is 7.60 Å². The zero-order valence-corrected chi connectivity index (χ0v) is 16.1. The number of non-ortho nitro benzene ring substituents is 1. The molecule has 0 saturated heterocycles. The molecule has 0 aliphatic heterocycles. The van der Waals surface area contributed by atoms with E-state index in [0.717, 1.165) is 30.6 Å². The van der Waals surface area contributed by atoms with Gasteiger partial charge in [0.2, 0.25) is 0 Å². The third-order valence-electron chi connectivity index (χ3n) is 4.00. The zero-order chi connectivity index (χ0) is 18.4. The Kier molecular flexibility index (Phi) is 7.46. The summed E-state index contributed by atoms with van der Waals surface area (Å²) < 4.78 is 23.1. The van der Waals surface area contributed by atoms with Crippen molar-refractivity contribution < 1.29 is 23.6 Å². The fraction of sp³-hybridized carbons (Fsp3) is 0.625. The topological polar surface area (TPSA) is 98.9 Å². The van der Waals surface area contributed by atoms with Crippen LogP contribution in [0.25, 0.3) is 0 Å². The van der Waals surface area contributed by atoms with Crippen molar-refractivity contribution in [2.24, 2.45) is 0 Å². The molecule has 1 aliphatic rings. The van der Waals surface area contributed by atoms with Crippen molar-refractivity contribution in [3.05, 3.63) is 33.9 Å². The van der Waals surface area contributed by atoms with E-state index in [1.54, 1.807) is 31.7 Å². The number of hydrogen-bond donors (Lipinski definition) is 1. The summed E-state index contributed by atoms with van der Waals surface area (Å²) in [7, 11) is -4.12. The van der Waals surface area contributed by atoms with Gasteiger partial charge in [-0.05, 0) is 32.8 Å². The fourth-order valence-electron chi connectivity index (χ4n) is 2.91. The molecule has 25 heavy (non-hydrogen) atoms. The van der Waals surface area contributed by atoms with Crippen LogP contribution >= 0.6 is 19.4 Å². The van der Waals surface area contributed by atoms with E-state index in [1.807, 2.05) is 0 Å².